The van der Waals surface area contributed by atoms with Crippen molar-refractivity contribution in [2.24, 2.45) is 0 Å². The van der Waals surface area contributed by atoms with E-state index in [2.05, 4.69) is 4.74 Å². The van der Waals surface area contributed by atoms with Crippen molar-refractivity contribution in [2.75, 3.05) is 5.88 Å². The average molecular weight is 231 g/mol. The van der Waals surface area contributed by atoms with Gasteiger partial charge in [0.15, 0.2) is 11.5 Å². The SMILES string of the molecule is O=C(O)Oc1cccc(CCCCl)c1O. The molecule has 0 fully saturated rings. The van der Waals surface area contributed by atoms with E-state index in [1.807, 2.05) is 0 Å². The number of carboxylic acid groups (broad SMARTS) is 1. The molecule has 5 heteroatoms. The normalized spacial score (nSPS) is 9.93. The van der Waals surface area contributed by atoms with Gasteiger partial charge in [-0.2, -0.15) is 0 Å². The molecule has 0 spiro atoms. The van der Waals surface area contributed by atoms with Crippen LogP contribution >= 0.6 is 11.6 Å². The summed E-state index contributed by atoms with van der Waals surface area (Å²) in [5.41, 5.74) is 0.634. The van der Waals surface area contributed by atoms with E-state index in [9.17, 15) is 9.90 Å². The van der Waals surface area contributed by atoms with Gasteiger partial charge in [0.2, 0.25) is 0 Å². The molecule has 4 nitrogen and oxygen atoms in total. The zero-order valence-electron chi connectivity index (χ0n) is 7.94. The Hall–Kier alpha value is -1.42. The summed E-state index contributed by atoms with van der Waals surface area (Å²) >= 11 is 5.52. The largest absolute Gasteiger partial charge is 0.511 e. The Balaban J connectivity index is 2.85. The number of ether oxygens (including phenoxy) is 1. The lowest BCUT2D eigenvalue weighted by Crippen LogP contribution is -2.03. The highest BCUT2D eigenvalue weighted by atomic mass is 35.5. The molecule has 0 radical (unpaired) electrons. The van der Waals surface area contributed by atoms with Crippen LogP contribution in [0.1, 0.15) is 12.0 Å². The van der Waals surface area contributed by atoms with Gasteiger partial charge in [-0.1, -0.05) is 12.1 Å². The van der Waals surface area contributed by atoms with Gasteiger partial charge in [-0.05, 0) is 24.5 Å². The van der Waals surface area contributed by atoms with Crippen molar-refractivity contribution in [1.82, 2.24) is 0 Å². The molecule has 0 unspecified atom stereocenters. The first-order valence-corrected chi connectivity index (χ1v) is 4.96. The van der Waals surface area contributed by atoms with Crippen LogP contribution in [0.15, 0.2) is 18.2 Å². The third-order valence-electron chi connectivity index (χ3n) is 1.86. The van der Waals surface area contributed by atoms with Gasteiger partial charge in [0.1, 0.15) is 0 Å². The maximum absolute atomic E-state index is 10.3. The third-order valence-corrected chi connectivity index (χ3v) is 2.13. The second kappa shape index (κ2) is 5.46. The number of carbonyl (C=O) groups is 1. The Morgan fingerprint density at radius 1 is 1.47 bits per heavy atom. The zero-order valence-corrected chi connectivity index (χ0v) is 8.70. The number of phenolic OH excluding ortho intramolecular Hbond substituents is 1. The van der Waals surface area contributed by atoms with E-state index in [-0.39, 0.29) is 11.5 Å². The van der Waals surface area contributed by atoms with Gasteiger partial charge >= 0.3 is 6.16 Å². The molecule has 0 aliphatic heterocycles. The monoisotopic (exact) mass is 230 g/mol. The van der Waals surface area contributed by atoms with Gasteiger partial charge in [-0.3, -0.25) is 0 Å². The van der Waals surface area contributed by atoms with E-state index in [0.717, 1.165) is 0 Å². The third kappa shape index (κ3) is 3.32. The topological polar surface area (TPSA) is 66.8 Å². The summed E-state index contributed by atoms with van der Waals surface area (Å²) in [4.78, 5) is 10.3. The summed E-state index contributed by atoms with van der Waals surface area (Å²) in [5, 5.41) is 18.0. The average Bonchev–Trinajstić information content (AvgIpc) is 2.19. The van der Waals surface area contributed by atoms with Crippen LogP contribution in [0.25, 0.3) is 0 Å². The van der Waals surface area contributed by atoms with E-state index in [1.54, 1.807) is 12.1 Å². The molecular weight excluding hydrogens is 220 g/mol. The van der Waals surface area contributed by atoms with Crippen LogP contribution in [-0.4, -0.2) is 22.2 Å². The highest BCUT2D eigenvalue weighted by Gasteiger charge is 2.10. The van der Waals surface area contributed by atoms with Crippen LogP contribution in [-0.2, 0) is 6.42 Å². The van der Waals surface area contributed by atoms with Crippen molar-refractivity contribution in [2.45, 2.75) is 12.8 Å². The molecule has 2 N–H and O–H groups in total. The lowest BCUT2D eigenvalue weighted by molar-refractivity contribution is 0.143. The fourth-order valence-electron chi connectivity index (χ4n) is 1.20. The summed E-state index contributed by atoms with van der Waals surface area (Å²) in [6, 6.07) is 4.73. The van der Waals surface area contributed by atoms with E-state index >= 15 is 0 Å². The fraction of sp³-hybridized carbons (Fsp3) is 0.300. The molecule has 0 heterocycles. The molecule has 1 aromatic carbocycles. The standard InChI is InChI=1S/C10H11ClO4/c11-6-2-4-7-3-1-5-8(9(7)12)15-10(13)14/h1,3,5,12H,2,4,6H2,(H,13,14). The minimum absolute atomic E-state index is 0.0467. The predicted octanol–water partition coefficient (Wildman–Crippen LogP) is 2.62. The Morgan fingerprint density at radius 2 is 2.20 bits per heavy atom. The smallest absolute Gasteiger partial charge is 0.504 e. The number of rotatable bonds is 4. The molecule has 0 saturated heterocycles. The highest BCUT2D eigenvalue weighted by Crippen LogP contribution is 2.30. The van der Waals surface area contributed by atoms with Crippen LogP contribution in [0, 0.1) is 0 Å². The summed E-state index contributed by atoms with van der Waals surface area (Å²) in [7, 11) is 0. The van der Waals surface area contributed by atoms with Gasteiger partial charge in [0.25, 0.3) is 0 Å². The van der Waals surface area contributed by atoms with E-state index in [0.29, 0.717) is 24.3 Å². The lowest BCUT2D eigenvalue weighted by Gasteiger charge is -2.07. The van der Waals surface area contributed by atoms with E-state index in [4.69, 9.17) is 16.7 Å². The number of phenols is 1. The number of aromatic hydroxyl groups is 1. The van der Waals surface area contributed by atoms with Crippen LogP contribution in [0.4, 0.5) is 4.79 Å². The molecule has 15 heavy (non-hydrogen) atoms. The maximum atomic E-state index is 10.3. The van der Waals surface area contributed by atoms with Crippen molar-refractivity contribution in [3.8, 4) is 11.5 Å². The summed E-state index contributed by atoms with van der Waals surface area (Å²) in [6.07, 6.45) is -0.141. The number of benzene rings is 1. The summed E-state index contributed by atoms with van der Waals surface area (Å²) in [5.74, 6) is 0.309. The molecule has 82 valence electrons. The van der Waals surface area contributed by atoms with Gasteiger partial charge < -0.3 is 14.9 Å². The predicted molar refractivity (Wildman–Crippen MR) is 55.8 cm³/mol. The van der Waals surface area contributed by atoms with Crippen LogP contribution < -0.4 is 4.74 Å². The van der Waals surface area contributed by atoms with E-state index < -0.39 is 6.16 Å². The molecule has 0 saturated carbocycles. The molecule has 1 aromatic rings. The lowest BCUT2D eigenvalue weighted by atomic mass is 10.1. The van der Waals surface area contributed by atoms with Crippen molar-refractivity contribution >= 4 is 17.8 Å². The molecule has 0 aliphatic rings. The molecule has 0 amide bonds. The first-order chi connectivity index (χ1) is 7.15. The minimum atomic E-state index is -1.44. The molecule has 0 aromatic heterocycles. The van der Waals surface area contributed by atoms with Crippen molar-refractivity contribution < 1.29 is 19.7 Å². The molecule has 0 aliphatic carbocycles. The highest BCUT2D eigenvalue weighted by molar-refractivity contribution is 6.17. The number of hydrogen-bond donors (Lipinski definition) is 2. The van der Waals surface area contributed by atoms with Gasteiger partial charge in [-0.15, -0.1) is 11.6 Å². The first-order valence-electron chi connectivity index (χ1n) is 4.42. The Kier molecular flexibility index (Phi) is 4.24. The van der Waals surface area contributed by atoms with Gasteiger partial charge in [-0.25, -0.2) is 4.79 Å². The summed E-state index contributed by atoms with van der Waals surface area (Å²) in [6.45, 7) is 0. The molecular formula is C10H11ClO4. The Morgan fingerprint density at radius 3 is 2.80 bits per heavy atom. The van der Waals surface area contributed by atoms with Gasteiger partial charge in [0, 0.05) is 5.88 Å². The van der Waals surface area contributed by atoms with Crippen LogP contribution in [0.5, 0.6) is 11.5 Å². The number of aryl methyl sites for hydroxylation is 1. The molecule has 0 atom stereocenters. The van der Waals surface area contributed by atoms with Gasteiger partial charge in [0.05, 0.1) is 0 Å². The first kappa shape index (κ1) is 11.7. The van der Waals surface area contributed by atoms with Crippen molar-refractivity contribution in [3.63, 3.8) is 0 Å². The Labute approximate surface area is 92.1 Å². The number of para-hydroxylation sites is 1. The second-order valence-electron chi connectivity index (χ2n) is 2.92. The molecule has 1 rings (SSSR count). The fourth-order valence-corrected chi connectivity index (χ4v) is 1.34. The number of halogens is 1. The number of alkyl halides is 1. The summed E-state index contributed by atoms with van der Waals surface area (Å²) < 4.78 is 4.40. The van der Waals surface area contributed by atoms with E-state index in [1.165, 1.54) is 6.07 Å². The zero-order chi connectivity index (χ0) is 11.3. The molecule has 0 bridgehead atoms. The number of hydrogen-bond acceptors (Lipinski definition) is 3. The second-order valence-corrected chi connectivity index (χ2v) is 3.30. The van der Waals surface area contributed by atoms with Crippen LogP contribution in [0.3, 0.4) is 0 Å². The Bertz CT molecular complexity index is 351. The van der Waals surface area contributed by atoms with Crippen molar-refractivity contribution in [3.05, 3.63) is 23.8 Å². The van der Waals surface area contributed by atoms with Crippen LogP contribution in [0.2, 0.25) is 0 Å². The van der Waals surface area contributed by atoms with Crippen molar-refractivity contribution in [1.29, 1.82) is 0 Å². The maximum Gasteiger partial charge on any atom is 0.511 e. The quantitative estimate of drug-likeness (QED) is 0.474. The minimum Gasteiger partial charge on any atom is -0.504 e.